The van der Waals surface area contributed by atoms with Gasteiger partial charge in [0, 0.05) is 13.7 Å². The number of benzene rings is 1. The van der Waals surface area contributed by atoms with Crippen LogP contribution in [-0.2, 0) is 0 Å². The molecule has 0 atom stereocenters. The molecule has 1 aromatic rings. The van der Waals surface area contributed by atoms with Crippen molar-refractivity contribution in [1.82, 2.24) is 0 Å². The van der Waals surface area contributed by atoms with Crippen molar-refractivity contribution in [3.05, 3.63) is 26.2 Å². The van der Waals surface area contributed by atoms with E-state index in [0.29, 0.717) is 8.04 Å². The summed E-state index contributed by atoms with van der Waals surface area (Å²) < 4.78 is 23.1. The van der Waals surface area contributed by atoms with Gasteiger partial charge < -0.3 is 5.73 Å². The third-order valence-electron chi connectivity index (χ3n) is 0.763. The highest BCUT2D eigenvalue weighted by Crippen LogP contribution is 2.19. The van der Waals surface area contributed by atoms with Crippen LogP contribution in [0.25, 0.3) is 0 Å². The van der Waals surface area contributed by atoms with Crippen LogP contribution >= 0.6 is 38.5 Å². The zero-order chi connectivity index (χ0) is 9.46. The van der Waals surface area contributed by atoms with Gasteiger partial charge in [0.25, 0.3) is 0 Å². The Bertz CT molecular complexity index is 237. The maximum Gasteiger partial charge on any atom is 0.0647 e. The monoisotopic (exact) mass is 300 g/mol. The van der Waals surface area contributed by atoms with Gasteiger partial charge in [0.1, 0.15) is 0 Å². The summed E-state index contributed by atoms with van der Waals surface area (Å²) in [6, 6.07) is 0.120. The molecule has 0 aliphatic carbocycles. The number of hydrogen-bond acceptors (Lipinski definition) is 1. The topological polar surface area (TPSA) is 26.0 Å². The Morgan fingerprint density at radius 1 is 1.67 bits per heavy atom. The molecule has 48 valence electrons. The van der Waals surface area contributed by atoms with Gasteiger partial charge in [0.15, 0.2) is 0 Å². The van der Waals surface area contributed by atoms with E-state index in [4.69, 9.17) is 9.85 Å². The van der Waals surface area contributed by atoms with Gasteiger partial charge >= 0.3 is 0 Å². The molecule has 0 aliphatic heterocycles. The first-order valence-electron chi connectivity index (χ1n) is 3.67. The van der Waals surface area contributed by atoms with Crippen molar-refractivity contribution in [2.45, 2.75) is 0 Å². The van der Waals surface area contributed by atoms with Crippen LogP contribution in [-0.4, -0.2) is 0 Å². The van der Waals surface area contributed by atoms with Crippen molar-refractivity contribution in [3.63, 3.8) is 0 Å². The van der Waals surface area contributed by atoms with Crippen molar-refractivity contribution in [1.29, 1.82) is 0 Å². The quantitative estimate of drug-likeness (QED) is 0.578. The zero-order valence-corrected chi connectivity index (χ0v) is 8.08. The summed E-state index contributed by atoms with van der Waals surface area (Å²) in [6.45, 7) is 0. The lowest BCUT2D eigenvalue weighted by atomic mass is 10.3. The Balaban J connectivity index is 3.60. The average molecular weight is 301 g/mol. The molecule has 0 bridgehead atoms. The molecular weight excluding hydrogens is 293 g/mol. The van der Waals surface area contributed by atoms with E-state index in [1.54, 1.807) is 0 Å². The Labute approximate surface area is 80.1 Å². The molecule has 1 aromatic carbocycles. The highest BCUT2D eigenvalue weighted by Gasteiger charge is 1.92. The van der Waals surface area contributed by atoms with Gasteiger partial charge in [-0.25, -0.2) is 0 Å². The van der Waals surface area contributed by atoms with Crippen LogP contribution < -0.4 is 5.73 Å². The number of nitrogen functional groups attached to an aromatic ring is 1. The lowest BCUT2D eigenvalue weighted by Crippen LogP contribution is -1.86. The predicted molar refractivity (Wildman–Crippen MR) is 51.3 cm³/mol. The second-order valence-corrected chi connectivity index (χ2v) is 3.29. The van der Waals surface area contributed by atoms with Gasteiger partial charge in [-0.15, -0.1) is 0 Å². The SMILES string of the molecule is [2H]c1c([2H])c(Br)c([2H])c(I)c1N. The minimum atomic E-state index is -0.0297. The summed E-state index contributed by atoms with van der Waals surface area (Å²) in [5.74, 6) is 0. The van der Waals surface area contributed by atoms with E-state index >= 15 is 0 Å². The summed E-state index contributed by atoms with van der Waals surface area (Å²) in [5, 5.41) is 0. The Morgan fingerprint density at radius 2 is 2.33 bits per heavy atom. The molecule has 0 unspecified atom stereocenters. The third kappa shape index (κ3) is 1.82. The molecule has 0 amide bonds. The Hall–Kier alpha value is 0.230. The summed E-state index contributed by atoms with van der Waals surface area (Å²) in [4.78, 5) is 0. The number of anilines is 1. The van der Waals surface area contributed by atoms with E-state index in [1.165, 1.54) is 0 Å². The first kappa shape index (κ1) is 4.18. The minimum absolute atomic E-state index is 0.0257. The zero-order valence-electron chi connectivity index (χ0n) is 7.33. The fourth-order valence-electron chi connectivity index (χ4n) is 0.372. The predicted octanol–water partition coefficient (Wildman–Crippen LogP) is 2.64. The highest BCUT2D eigenvalue weighted by atomic mass is 127. The molecule has 2 N–H and O–H groups in total. The standard InChI is InChI=1S/C6H5BrIN/c7-4-1-2-6(9)5(8)3-4/h1-3H,9H2/i1D,2D,3D. The molecule has 1 rings (SSSR count). The third-order valence-corrected chi connectivity index (χ3v) is 2.01. The van der Waals surface area contributed by atoms with Gasteiger partial charge in [-0.1, -0.05) is 15.9 Å². The van der Waals surface area contributed by atoms with E-state index in [1.807, 2.05) is 22.6 Å². The largest absolute Gasteiger partial charge is 0.398 e. The molecule has 0 radical (unpaired) electrons. The molecular formula is C6H5BrIN. The summed E-state index contributed by atoms with van der Waals surface area (Å²) in [7, 11) is 0. The molecule has 9 heavy (non-hydrogen) atoms. The van der Waals surface area contributed by atoms with Gasteiger partial charge in [-0.3, -0.25) is 0 Å². The second kappa shape index (κ2) is 2.88. The maximum absolute atomic E-state index is 7.48. The van der Waals surface area contributed by atoms with Gasteiger partial charge in [-0.05, 0) is 40.7 Å². The van der Waals surface area contributed by atoms with Crippen LogP contribution in [0.5, 0.6) is 0 Å². The molecule has 0 aliphatic rings. The lowest BCUT2D eigenvalue weighted by molar-refractivity contribution is 1.59. The smallest absolute Gasteiger partial charge is 0.0647 e. The first-order valence-corrected chi connectivity index (χ1v) is 4.04. The van der Waals surface area contributed by atoms with Crippen LogP contribution in [0.3, 0.4) is 0 Å². The lowest BCUT2D eigenvalue weighted by Gasteiger charge is -1.95. The van der Waals surface area contributed by atoms with Crippen molar-refractivity contribution in [3.8, 4) is 0 Å². The summed E-state index contributed by atoms with van der Waals surface area (Å²) in [6.07, 6.45) is 0. The van der Waals surface area contributed by atoms with Crippen molar-refractivity contribution >= 4 is 44.2 Å². The van der Waals surface area contributed by atoms with E-state index in [-0.39, 0.29) is 23.8 Å². The first-order chi connectivity index (χ1) is 5.46. The molecule has 3 heteroatoms. The average Bonchev–Trinajstić information content (AvgIpc) is 2.08. The summed E-state index contributed by atoms with van der Waals surface area (Å²) in [5.41, 5.74) is 5.70. The molecule has 0 spiro atoms. The molecule has 0 heterocycles. The van der Waals surface area contributed by atoms with Crippen LogP contribution in [0.15, 0.2) is 22.6 Å². The van der Waals surface area contributed by atoms with E-state index < -0.39 is 0 Å². The fraction of sp³-hybridized carbons (Fsp3) is 0. The van der Waals surface area contributed by atoms with E-state index in [9.17, 15) is 0 Å². The molecule has 0 saturated carbocycles. The highest BCUT2D eigenvalue weighted by molar-refractivity contribution is 14.1. The van der Waals surface area contributed by atoms with Crippen molar-refractivity contribution in [2.24, 2.45) is 0 Å². The normalized spacial score (nSPS) is 14.2. The number of hydrogen-bond donors (Lipinski definition) is 1. The Kier molecular flexibility index (Phi) is 1.34. The van der Waals surface area contributed by atoms with Crippen molar-refractivity contribution < 1.29 is 4.11 Å². The summed E-state index contributed by atoms with van der Waals surface area (Å²) >= 11 is 4.95. The van der Waals surface area contributed by atoms with Gasteiger partial charge in [0.05, 0.1) is 4.11 Å². The second-order valence-electron chi connectivity index (χ2n) is 1.42. The van der Waals surface area contributed by atoms with Gasteiger partial charge in [-0.2, -0.15) is 0 Å². The maximum atomic E-state index is 7.48. The van der Waals surface area contributed by atoms with Crippen LogP contribution in [0.4, 0.5) is 5.69 Å². The van der Waals surface area contributed by atoms with Crippen molar-refractivity contribution in [2.75, 3.05) is 5.73 Å². The van der Waals surface area contributed by atoms with Crippen LogP contribution in [0.1, 0.15) is 4.11 Å². The molecule has 0 aromatic heterocycles. The fourth-order valence-corrected chi connectivity index (χ4v) is 1.44. The Morgan fingerprint density at radius 3 is 3.00 bits per heavy atom. The number of halogens is 2. The molecule has 1 nitrogen and oxygen atoms in total. The number of rotatable bonds is 0. The van der Waals surface area contributed by atoms with E-state index in [2.05, 4.69) is 15.9 Å². The number of nitrogens with two attached hydrogens (primary N) is 1. The minimum Gasteiger partial charge on any atom is -0.398 e. The molecule has 0 saturated heterocycles. The molecule has 0 fully saturated rings. The van der Waals surface area contributed by atoms with E-state index in [0.717, 1.165) is 0 Å². The van der Waals surface area contributed by atoms with Gasteiger partial charge in [0.2, 0.25) is 0 Å². The van der Waals surface area contributed by atoms with Crippen LogP contribution in [0, 0.1) is 3.57 Å². The van der Waals surface area contributed by atoms with Crippen LogP contribution in [0.2, 0.25) is 0 Å².